The number of nitrogens with one attached hydrogen (secondary N) is 2. The van der Waals surface area contributed by atoms with Gasteiger partial charge in [0.25, 0.3) is 0 Å². The fourth-order valence-corrected chi connectivity index (χ4v) is 1.70. The number of aliphatic imine (C=N–C) groups is 1. The highest BCUT2D eigenvalue weighted by atomic mass is 16.2. The van der Waals surface area contributed by atoms with E-state index in [1.165, 1.54) is 0 Å². The predicted molar refractivity (Wildman–Crippen MR) is 63.7 cm³/mol. The van der Waals surface area contributed by atoms with E-state index in [9.17, 15) is 4.79 Å². The first-order valence-corrected chi connectivity index (χ1v) is 5.61. The molecule has 16 heavy (non-hydrogen) atoms. The third-order valence-corrected chi connectivity index (χ3v) is 2.72. The number of carbonyl (C=O) groups excluding carboxylic acids is 1. The van der Waals surface area contributed by atoms with Gasteiger partial charge in [0.05, 0.1) is 0 Å². The van der Waals surface area contributed by atoms with E-state index >= 15 is 0 Å². The van der Waals surface area contributed by atoms with Crippen molar-refractivity contribution in [1.29, 1.82) is 0 Å². The van der Waals surface area contributed by atoms with Gasteiger partial charge in [-0.25, -0.2) is 5.84 Å². The number of nitrogens with zero attached hydrogens (tertiary/aromatic N) is 2. The second kappa shape index (κ2) is 5.16. The van der Waals surface area contributed by atoms with E-state index in [0.717, 1.165) is 6.42 Å². The normalized spacial score (nSPS) is 20.6. The van der Waals surface area contributed by atoms with Crippen molar-refractivity contribution in [2.24, 2.45) is 10.8 Å². The van der Waals surface area contributed by atoms with Gasteiger partial charge >= 0.3 is 0 Å². The first-order valence-electron chi connectivity index (χ1n) is 5.61. The molecule has 1 amide bonds. The Balaban J connectivity index is 2.87. The number of piperazine rings is 1. The number of hydrogen-bond donors (Lipinski definition) is 3. The Morgan fingerprint density at radius 3 is 2.94 bits per heavy atom. The molecule has 1 saturated heterocycles. The molecule has 92 valence electrons. The number of hydrazine groups is 1. The van der Waals surface area contributed by atoms with Gasteiger partial charge in [-0.1, -0.05) is 6.92 Å². The van der Waals surface area contributed by atoms with Crippen molar-refractivity contribution in [3.05, 3.63) is 0 Å². The quantitative estimate of drug-likeness (QED) is 0.255. The highest BCUT2D eigenvalue weighted by Crippen LogP contribution is 2.17. The van der Waals surface area contributed by atoms with Crippen molar-refractivity contribution in [3.63, 3.8) is 0 Å². The molecule has 6 heteroatoms. The highest BCUT2D eigenvalue weighted by Gasteiger charge is 2.39. The second-order valence-electron chi connectivity index (χ2n) is 4.32. The number of hydrogen-bond acceptors (Lipinski definition) is 3. The zero-order chi connectivity index (χ0) is 12.2. The number of rotatable bonds is 2. The second-order valence-corrected chi connectivity index (χ2v) is 4.32. The molecular formula is C10H21N5O. The van der Waals surface area contributed by atoms with Crippen molar-refractivity contribution < 1.29 is 4.79 Å². The SMILES string of the molecule is CCCN=C(NN)N1CCNC(=O)C1(C)C. The molecule has 1 fully saturated rings. The summed E-state index contributed by atoms with van der Waals surface area (Å²) in [4.78, 5) is 18.0. The van der Waals surface area contributed by atoms with Crippen LogP contribution in [-0.2, 0) is 4.79 Å². The zero-order valence-electron chi connectivity index (χ0n) is 10.2. The standard InChI is InChI=1S/C10H21N5O/c1-4-5-13-9(14-11)15-7-6-12-8(16)10(15,2)3/h4-7,11H2,1-3H3,(H,12,16)(H,13,14). The third kappa shape index (κ3) is 2.44. The summed E-state index contributed by atoms with van der Waals surface area (Å²) in [5.74, 6) is 6.04. The van der Waals surface area contributed by atoms with Gasteiger partial charge in [0, 0.05) is 19.6 Å². The Kier molecular flexibility index (Phi) is 4.12. The monoisotopic (exact) mass is 227 g/mol. The maximum absolute atomic E-state index is 11.7. The Morgan fingerprint density at radius 1 is 1.69 bits per heavy atom. The minimum atomic E-state index is -0.614. The molecule has 0 aromatic rings. The minimum absolute atomic E-state index is 0.00167. The van der Waals surface area contributed by atoms with Crippen molar-refractivity contribution in [1.82, 2.24) is 15.6 Å². The van der Waals surface area contributed by atoms with E-state index in [1.807, 2.05) is 25.7 Å². The molecular weight excluding hydrogens is 206 g/mol. The molecule has 0 spiro atoms. The number of nitrogens with two attached hydrogens (primary N) is 1. The van der Waals surface area contributed by atoms with Crippen molar-refractivity contribution in [3.8, 4) is 0 Å². The Bertz CT molecular complexity index is 287. The van der Waals surface area contributed by atoms with Crippen LogP contribution in [-0.4, -0.2) is 41.9 Å². The molecule has 0 unspecified atom stereocenters. The molecule has 0 bridgehead atoms. The maximum atomic E-state index is 11.7. The summed E-state index contributed by atoms with van der Waals surface area (Å²) < 4.78 is 0. The van der Waals surface area contributed by atoms with Gasteiger partial charge in [-0.05, 0) is 20.3 Å². The molecule has 0 aliphatic carbocycles. The van der Waals surface area contributed by atoms with Crippen molar-refractivity contribution >= 4 is 11.9 Å². The van der Waals surface area contributed by atoms with E-state index in [0.29, 0.717) is 25.6 Å². The Morgan fingerprint density at radius 2 is 2.38 bits per heavy atom. The minimum Gasteiger partial charge on any atom is -0.352 e. The van der Waals surface area contributed by atoms with Gasteiger partial charge in [-0.15, -0.1) is 0 Å². The largest absolute Gasteiger partial charge is 0.352 e. The average Bonchev–Trinajstić information content (AvgIpc) is 2.25. The van der Waals surface area contributed by atoms with Crippen molar-refractivity contribution in [2.75, 3.05) is 19.6 Å². The number of guanidine groups is 1. The summed E-state index contributed by atoms with van der Waals surface area (Å²) in [5.41, 5.74) is 1.96. The number of amides is 1. The lowest BCUT2D eigenvalue weighted by atomic mass is 9.99. The van der Waals surface area contributed by atoms with E-state index < -0.39 is 5.54 Å². The molecule has 4 N–H and O–H groups in total. The van der Waals surface area contributed by atoms with Gasteiger partial charge in [0.15, 0.2) is 0 Å². The first kappa shape index (κ1) is 12.8. The number of carbonyl (C=O) groups is 1. The molecule has 1 aliphatic heterocycles. The summed E-state index contributed by atoms with van der Waals surface area (Å²) in [5, 5.41) is 2.83. The fourth-order valence-electron chi connectivity index (χ4n) is 1.70. The molecule has 1 heterocycles. The lowest BCUT2D eigenvalue weighted by Crippen LogP contribution is -2.66. The molecule has 0 aromatic carbocycles. The summed E-state index contributed by atoms with van der Waals surface area (Å²) in [6.07, 6.45) is 0.950. The zero-order valence-corrected chi connectivity index (χ0v) is 10.2. The van der Waals surface area contributed by atoms with Gasteiger partial charge in [-0.3, -0.25) is 15.2 Å². The molecule has 1 aliphatic rings. The van der Waals surface area contributed by atoms with Gasteiger partial charge in [-0.2, -0.15) is 0 Å². The Labute approximate surface area is 96.2 Å². The van der Waals surface area contributed by atoms with Gasteiger partial charge in [0.2, 0.25) is 11.9 Å². The summed E-state index contributed by atoms with van der Waals surface area (Å²) in [6.45, 7) is 7.81. The molecule has 0 radical (unpaired) electrons. The lowest BCUT2D eigenvalue weighted by molar-refractivity contribution is -0.132. The maximum Gasteiger partial charge on any atom is 0.245 e. The van der Waals surface area contributed by atoms with E-state index in [-0.39, 0.29) is 5.91 Å². The van der Waals surface area contributed by atoms with Crippen LogP contribution in [0.4, 0.5) is 0 Å². The van der Waals surface area contributed by atoms with Crippen molar-refractivity contribution in [2.45, 2.75) is 32.7 Å². The van der Waals surface area contributed by atoms with Crippen LogP contribution in [0.1, 0.15) is 27.2 Å². The fraction of sp³-hybridized carbons (Fsp3) is 0.800. The van der Waals surface area contributed by atoms with Crippen LogP contribution in [0.2, 0.25) is 0 Å². The first-order chi connectivity index (χ1) is 7.54. The smallest absolute Gasteiger partial charge is 0.245 e. The summed E-state index contributed by atoms with van der Waals surface area (Å²) in [7, 11) is 0. The van der Waals surface area contributed by atoms with Crippen LogP contribution in [0, 0.1) is 0 Å². The van der Waals surface area contributed by atoms with Crippen LogP contribution in [0.25, 0.3) is 0 Å². The topological polar surface area (TPSA) is 82.8 Å². The summed E-state index contributed by atoms with van der Waals surface area (Å²) in [6, 6.07) is 0. The summed E-state index contributed by atoms with van der Waals surface area (Å²) >= 11 is 0. The molecule has 0 atom stereocenters. The lowest BCUT2D eigenvalue weighted by Gasteiger charge is -2.42. The predicted octanol–water partition coefficient (Wildman–Crippen LogP) is -0.574. The van der Waals surface area contributed by atoms with Crippen LogP contribution < -0.4 is 16.6 Å². The van der Waals surface area contributed by atoms with Crippen LogP contribution in [0.5, 0.6) is 0 Å². The Hall–Kier alpha value is -1.30. The van der Waals surface area contributed by atoms with Crippen LogP contribution in [0.3, 0.4) is 0 Å². The molecule has 0 saturated carbocycles. The van der Waals surface area contributed by atoms with E-state index in [4.69, 9.17) is 5.84 Å². The van der Waals surface area contributed by atoms with E-state index in [2.05, 4.69) is 15.7 Å². The van der Waals surface area contributed by atoms with Crippen LogP contribution >= 0.6 is 0 Å². The third-order valence-electron chi connectivity index (χ3n) is 2.72. The molecule has 1 rings (SSSR count). The van der Waals surface area contributed by atoms with E-state index in [1.54, 1.807) is 0 Å². The van der Waals surface area contributed by atoms with Crippen LogP contribution in [0.15, 0.2) is 4.99 Å². The molecule has 0 aromatic heterocycles. The average molecular weight is 227 g/mol. The van der Waals surface area contributed by atoms with Gasteiger partial charge < -0.3 is 10.2 Å². The molecule has 6 nitrogen and oxygen atoms in total. The van der Waals surface area contributed by atoms with Gasteiger partial charge in [0.1, 0.15) is 5.54 Å². The highest BCUT2D eigenvalue weighted by molar-refractivity contribution is 5.92.